The third kappa shape index (κ3) is 3.05. The van der Waals surface area contributed by atoms with Crippen molar-refractivity contribution in [3.05, 3.63) is 35.8 Å². The number of hydrogen-bond acceptors (Lipinski definition) is 2. The van der Waals surface area contributed by atoms with E-state index in [1.807, 2.05) is 4.31 Å². The number of aromatic amines is 1. The predicted octanol–water partition coefficient (Wildman–Crippen LogP) is 1.29. The van der Waals surface area contributed by atoms with Gasteiger partial charge in [-0.15, -0.1) is 0 Å². The summed E-state index contributed by atoms with van der Waals surface area (Å²) in [5, 5.41) is 0.878. The Balaban J connectivity index is 1.68. The van der Waals surface area contributed by atoms with Crippen LogP contribution in [0, 0.1) is 5.82 Å². The van der Waals surface area contributed by atoms with Gasteiger partial charge < -0.3 is 9.88 Å². The van der Waals surface area contributed by atoms with Gasteiger partial charge in [0.15, 0.2) is 0 Å². The summed E-state index contributed by atoms with van der Waals surface area (Å²) in [6, 6.07) is 4.53. The fourth-order valence-electron chi connectivity index (χ4n) is 2.77. The monoisotopic (exact) mass is 323 g/mol. The van der Waals surface area contributed by atoms with Crippen molar-refractivity contribution in [1.82, 2.24) is 14.2 Å². The standard InChI is InChI=1S/C15H18FN3O2S/c1-22(21)19-6-4-18(5-7-19)15(20)8-11-10-17-14-9-12(16)2-3-13(11)14/h2-3,9-10,17H,4-8H2,1H3. The molecule has 0 aliphatic carbocycles. The molecule has 2 aromatic rings. The highest BCUT2D eigenvalue weighted by molar-refractivity contribution is 7.81. The smallest absolute Gasteiger partial charge is 0.227 e. The topological polar surface area (TPSA) is 56.4 Å². The van der Waals surface area contributed by atoms with Crippen molar-refractivity contribution >= 4 is 27.8 Å². The fourth-order valence-corrected chi connectivity index (χ4v) is 3.45. The summed E-state index contributed by atoms with van der Waals surface area (Å²) in [6.45, 7) is 2.45. The average molecular weight is 323 g/mol. The van der Waals surface area contributed by atoms with Crippen LogP contribution in [0.3, 0.4) is 0 Å². The molecule has 0 saturated carbocycles. The Morgan fingerprint density at radius 3 is 2.73 bits per heavy atom. The number of aromatic nitrogens is 1. The fraction of sp³-hybridized carbons (Fsp3) is 0.400. The van der Waals surface area contributed by atoms with Gasteiger partial charge in [-0.05, 0) is 23.8 Å². The van der Waals surface area contributed by atoms with E-state index in [0.717, 1.165) is 10.9 Å². The third-order valence-corrected chi connectivity index (χ3v) is 5.12. The van der Waals surface area contributed by atoms with Crippen LogP contribution in [0.2, 0.25) is 0 Å². The number of carbonyl (C=O) groups excluding carboxylic acids is 1. The second-order valence-electron chi connectivity index (χ2n) is 5.41. The molecule has 1 aliphatic heterocycles. The lowest BCUT2D eigenvalue weighted by atomic mass is 10.1. The lowest BCUT2D eigenvalue weighted by molar-refractivity contribution is -0.131. The van der Waals surface area contributed by atoms with Crippen LogP contribution in [0.5, 0.6) is 0 Å². The first kappa shape index (κ1) is 15.2. The van der Waals surface area contributed by atoms with Gasteiger partial charge in [0, 0.05) is 49.5 Å². The number of nitrogens with zero attached hydrogens (tertiary/aromatic N) is 2. The Bertz CT molecular complexity index is 723. The van der Waals surface area contributed by atoms with Gasteiger partial charge in [0.1, 0.15) is 5.82 Å². The van der Waals surface area contributed by atoms with E-state index >= 15 is 0 Å². The zero-order valence-corrected chi connectivity index (χ0v) is 13.2. The Labute approximate surface area is 130 Å². The summed E-state index contributed by atoms with van der Waals surface area (Å²) < 4.78 is 26.4. The summed E-state index contributed by atoms with van der Waals surface area (Å²) in [4.78, 5) is 17.2. The highest BCUT2D eigenvalue weighted by atomic mass is 32.2. The molecule has 7 heteroatoms. The van der Waals surface area contributed by atoms with E-state index in [1.54, 1.807) is 23.4 Å². The van der Waals surface area contributed by atoms with E-state index in [9.17, 15) is 13.4 Å². The summed E-state index contributed by atoms with van der Waals surface area (Å²) in [5.41, 5.74) is 1.58. The van der Waals surface area contributed by atoms with Gasteiger partial charge in [-0.2, -0.15) is 0 Å². The van der Waals surface area contributed by atoms with Crippen molar-refractivity contribution < 1.29 is 13.4 Å². The molecule has 22 heavy (non-hydrogen) atoms. The molecule has 1 atom stereocenters. The van der Waals surface area contributed by atoms with Crippen LogP contribution >= 0.6 is 0 Å². The normalized spacial score (nSPS) is 17.8. The molecule has 1 amide bonds. The van der Waals surface area contributed by atoms with Gasteiger partial charge in [0.05, 0.1) is 17.4 Å². The van der Waals surface area contributed by atoms with Gasteiger partial charge in [0.25, 0.3) is 0 Å². The SMILES string of the molecule is CS(=O)N1CCN(C(=O)Cc2c[nH]c3cc(F)ccc23)CC1. The number of halogens is 1. The van der Waals surface area contributed by atoms with E-state index in [2.05, 4.69) is 4.98 Å². The second kappa shape index (κ2) is 6.18. The van der Waals surface area contributed by atoms with Crippen LogP contribution in [0.1, 0.15) is 5.56 Å². The van der Waals surface area contributed by atoms with Crippen molar-refractivity contribution in [3.8, 4) is 0 Å². The van der Waals surface area contributed by atoms with E-state index < -0.39 is 11.0 Å². The maximum atomic E-state index is 13.2. The zero-order chi connectivity index (χ0) is 15.7. The minimum absolute atomic E-state index is 0.0479. The van der Waals surface area contributed by atoms with Gasteiger partial charge in [-0.25, -0.2) is 12.9 Å². The van der Waals surface area contributed by atoms with Crippen molar-refractivity contribution in [2.75, 3.05) is 32.4 Å². The summed E-state index contributed by atoms with van der Waals surface area (Å²) in [5.74, 6) is -0.248. The van der Waals surface area contributed by atoms with E-state index in [0.29, 0.717) is 38.1 Å². The highest BCUT2D eigenvalue weighted by Gasteiger charge is 2.23. The molecule has 1 fully saturated rings. The number of nitrogens with one attached hydrogen (secondary N) is 1. The number of H-pyrrole nitrogens is 1. The summed E-state index contributed by atoms with van der Waals surface area (Å²) in [6.07, 6.45) is 3.71. The number of amides is 1. The van der Waals surface area contributed by atoms with Crippen molar-refractivity contribution in [3.63, 3.8) is 0 Å². The molecule has 1 aromatic heterocycles. The van der Waals surface area contributed by atoms with Gasteiger partial charge >= 0.3 is 0 Å². The van der Waals surface area contributed by atoms with Crippen LogP contribution in [-0.4, -0.2) is 56.7 Å². The summed E-state index contributed by atoms with van der Waals surface area (Å²) >= 11 is 0. The number of piperazine rings is 1. The first-order valence-corrected chi connectivity index (χ1v) is 8.68. The molecule has 3 rings (SSSR count). The van der Waals surface area contributed by atoms with E-state index in [1.165, 1.54) is 12.1 Å². The third-order valence-electron chi connectivity index (χ3n) is 4.03. The zero-order valence-electron chi connectivity index (χ0n) is 12.3. The minimum Gasteiger partial charge on any atom is -0.361 e. The molecule has 0 radical (unpaired) electrons. The van der Waals surface area contributed by atoms with Crippen molar-refractivity contribution in [1.29, 1.82) is 0 Å². The Hall–Kier alpha value is -1.73. The average Bonchev–Trinajstić information content (AvgIpc) is 2.89. The lowest BCUT2D eigenvalue weighted by Gasteiger charge is -2.33. The van der Waals surface area contributed by atoms with Gasteiger partial charge in [-0.3, -0.25) is 4.79 Å². The number of rotatable bonds is 3. The Morgan fingerprint density at radius 2 is 2.05 bits per heavy atom. The minimum atomic E-state index is -0.978. The molecule has 2 heterocycles. The molecular formula is C15H18FN3O2S. The second-order valence-corrected chi connectivity index (χ2v) is 6.78. The molecule has 5 nitrogen and oxygen atoms in total. The van der Waals surface area contributed by atoms with Crippen LogP contribution in [-0.2, 0) is 22.2 Å². The maximum absolute atomic E-state index is 13.2. The largest absolute Gasteiger partial charge is 0.361 e. The summed E-state index contributed by atoms with van der Waals surface area (Å²) in [7, 11) is -0.978. The molecule has 0 bridgehead atoms. The Kier molecular flexibility index (Phi) is 4.26. The van der Waals surface area contributed by atoms with Crippen molar-refractivity contribution in [2.24, 2.45) is 0 Å². The quantitative estimate of drug-likeness (QED) is 0.925. The molecule has 1 aliphatic rings. The van der Waals surface area contributed by atoms with Crippen LogP contribution < -0.4 is 0 Å². The van der Waals surface area contributed by atoms with Crippen LogP contribution in [0.4, 0.5) is 4.39 Å². The molecule has 1 N–H and O–H groups in total. The van der Waals surface area contributed by atoms with E-state index in [-0.39, 0.29) is 11.7 Å². The molecular weight excluding hydrogens is 305 g/mol. The lowest BCUT2D eigenvalue weighted by Crippen LogP contribution is -2.49. The van der Waals surface area contributed by atoms with Crippen molar-refractivity contribution in [2.45, 2.75) is 6.42 Å². The number of carbonyl (C=O) groups is 1. The first-order chi connectivity index (χ1) is 10.5. The Morgan fingerprint density at radius 1 is 1.32 bits per heavy atom. The molecule has 118 valence electrons. The van der Waals surface area contributed by atoms with Gasteiger partial charge in [-0.1, -0.05) is 0 Å². The predicted molar refractivity (Wildman–Crippen MR) is 84.2 cm³/mol. The molecule has 1 saturated heterocycles. The number of fused-ring (bicyclic) bond motifs is 1. The first-order valence-electron chi connectivity index (χ1n) is 7.16. The van der Waals surface area contributed by atoms with Crippen LogP contribution in [0.15, 0.2) is 24.4 Å². The van der Waals surface area contributed by atoms with Crippen LogP contribution in [0.25, 0.3) is 10.9 Å². The van der Waals surface area contributed by atoms with E-state index in [4.69, 9.17) is 0 Å². The van der Waals surface area contributed by atoms with Gasteiger partial charge in [0.2, 0.25) is 5.91 Å². The highest BCUT2D eigenvalue weighted by Crippen LogP contribution is 2.20. The maximum Gasteiger partial charge on any atom is 0.227 e. The number of hydrogen-bond donors (Lipinski definition) is 1. The molecule has 1 aromatic carbocycles. The number of benzene rings is 1. The molecule has 0 spiro atoms. The molecule has 1 unspecified atom stereocenters.